The molecule has 0 heterocycles. The highest BCUT2D eigenvalue weighted by Crippen LogP contribution is 2.21. The first kappa shape index (κ1) is 24.8. The van der Waals surface area contributed by atoms with Gasteiger partial charge in [-0.3, -0.25) is 4.79 Å². The lowest BCUT2D eigenvalue weighted by Gasteiger charge is -2.23. The van der Waals surface area contributed by atoms with Crippen LogP contribution in [0.4, 0.5) is 0 Å². The summed E-state index contributed by atoms with van der Waals surface area (Å²) in [5, 5.41) is 9.92. The number of sulfonamides is 1. The lowest BCUT2D eigenvalue weighted by atomic mass is 10.1. The van der Waals surface area contributed by atoms with Gasteiger partial charge in [-0.25, -0.2) is 8.42 Å². The first-order chi connectivity index (χ1) is 14.8. The maximum Gasteiger partial charge on any atom is 0.308 e. The molecule has 0 radical (unpaired) electrons. The molecule has 0 aliphatic rings. The van der Waals surface area contributed by atoms with E-state index in [4.69, 9.17) is 4.74 Å². The molecule has 2 aromatic rings. The molecule has 0 bridgehead atoms. The number of hydrogen-bond acceptors (Lipinski definition) is 6. The fourth-order valence-electron chi connectivity index (χ4n) is 3.12. The van der Waals surface area contributed by atoms with Crippen LogP contribution in [0, 0.1) is 6.92 Å². The van der Waals surface area contributed by atoms with E-state index in [2.05, 4.69) is 4.74 Å². The first-order valence-electron chi connectivity index (χ1n) is 10.2. The van der Waals surface area contributed by atoms with Crippen molar-refractivity contribution >= 4 is 16.0 Å². The Bertz CT molecular complexity index is 926. The summed E-state index contributed by atoms with van der Waals surface area (Å²) in [5.41, 5.74) is 1.84. The van der Waals surface area contributed by atoms with E-state index in [1.807, 2.05) is 19.1 Å². The van der Waals surface area contributed by atoms with E-state index in [1.165, 1.54) is 11.4 Å². The second-order valence-corrected chi connectivity index (χ2v) is 9.37. The number of methoxy groups -OCH3 is 2. The van der Waals surface area contributed by atoms with Crippen LogP contribution in [0.15, 0.2) is 53.4 Å². The van der Waals surface area contributed by atoms with Gasteiger partial charge in [0.2, 0.25) is 10.0 Å². The van der Waals surface area contributed by atoms with Crippen molar-refractivity contribution in [3.63, 3.8) is 0 Å². The molecule has 0 saturated carbocycles. The summed E-state index contributed by atoms with van der Waals surface area (Å²) in [6, 6.07) is 14.1. The normalized spacial score (nSPS) is 12.5. The number of carbonyl (C=O) groups excluding carboxylic acids is 1. The molecule has 1 N–H and O–H groups in total. The van der Waals surface area contributed by atoms with Gasteiger partial charge in [0.15, 0.2) is 0 Å². The zero-order valence-electron chi connectivity index (χ0n) is 18.3. The molecule has 2 rings (SSSR count). The zero-order chi connectivity index (χ0) is 22.9. The maximum atomic E-state index is 13.3. The third-order valence-corrected chi connectivity index (χ3v) is 6.86. The minimum Gasteiger partial charge on any atom is -0.497 e. The number of benzene rings is 2. The molecule has 0 amide bonds. The minimum atomic E-state index is -3.69. The average molecular weight is 450 g/mol. The molecule has 2 aromatic carbocycles. The van der Waals surface area contributed by atoms with Crippen molar-refractivity contribution in [2.45, 2.75) is 50.2 Å². The van der Waals surface area contributed by atoms with E-state index in [1.54, 1.807) is 43.5 Å². The average Bonchev–Trinajstić information content (AvgIpc) is 2.76. The number of nitrogens with zero attached hydrogens (tertiary/aromatic N) is 1. The van der Waals surface area contributed by atoms with Gasteiger partial charge in [-0.2, -0.15) is 4.31 Å². The quantitative estimate of drug-likeness (QED) is 0.395. The van der Waals surface area contributed by atoms with Gasteiger partial charge in [-0.15, -0.1) is 0 Å². The number of rotatable bonds is 12. The van der Waals surface area contributed by atoms with E-state index in [0.717, 1.165) is 11.1 Å². The smallest absolute Gasteiger partial charge is 0.308 e. The van der Waals surface area contributed by atoms with Gasteiger partial charge in [0.1, 0.15) is 5.75 Å². The SMILES string of the molecule is COC(=O)C[C@H](O)CCCCN(Cc1ccc(OC)cc1)S(=O)(=O)c1ccc(C)cc1. The molecule has 170 valence electrons. The van der Waals surface area contributed by atoms with E-state index in [9.17, 15) is 18.3 Å². The van der Waals surface area contributed by atoms with Crippen LogP contribution in [-0.2, 0) is 26.1 Å². The van der Waals surface area contributed by atoms with Crippen LogP contribution < -0.4 is 4.74 Å². The highest BCUT2D eigenvalue weighted by Gasteiger charge is 2.24. The number of aliphatic hydroxyl groups excluding tert-OH is 1. The zero-order valence-corrected chi connectivity index (χ0v) is 19.1. The van der Waals surface area contributed by atoms with Crippen molar-refractivity contribution in [3.8, 4) is 5.75 Å². The van der Waals surface area contributed by atoms with Crippen LogP contribution >= 0.6 is 0 Å². The Morgan fingerprint density at radius 1 is 1.03 bits per heavy atom. The van der Waals surface area contributed by atoms with Crippen molar-refractivity contribution in [1.29, 1.82) is 0 Å². The molecular formula is C23H31NO6S. The Labute approximate surface area is 184 Å². The Hall–Kier alpha value is -2.42. The Morgan fingerprint density at radius 2 is 1.68 bits per heavy atom. The van der Waals surface area contributed by atoms with Crippen molar-refractivity contribution in [1.82, 2.24) is 4.31 Å². The van der Waals surface area contributed by atoms with Gasteiger partial charge in [-0.1, -0.05) is 29.8 Å². The van der Waals surface area contributed by atoms with E-state index in [0.29, 0.717) is 31.6 Å². The molecule has 0 spiro atoms. The predicted molar refractivity (Wildman–Crippen MR) is 118 cm³/mol. The second kappa shape index (κ2) is 11.8. The monoisotopic (exact) mass is 449 g/mol. The van der Waals surface area contributed by atoms with Crippen molar-refractivity contribution in [3.05, 3.63) is 59.7 Å². The third kappa shape index (κ3) is 7.65. The number of ether oxygens (including phenoxy) is 2. The predicted octanol–water partition coefficient (Wildman–Crippen LogP) is 3.29. The van der Waals surface area contributed by atoms with E-state index in [-0.39, 0.29) is 17.9 Å². The van der Waals surface area contributed by atoms with Gasteiger partial charge in [0.05, 0.1) is 31.6 Å². The summed E-state index contributed by atoms with van der Waals surface area (Å²) < 4.78 is 37.7. The molecule has 0 unspecified atom stereocenters. The summed E-state index contributed by atoms with van der Waals surface area (Å²) in [4.78, 5) is 11.5. The van der Waals surface area contributed by atoms with Crippen molar-refractivity contribution in [2.24, 2.45) is 0 Å². The Morgan fingerprint density at radius 3 is 2.26 bits per heavy atom. The minimum absolute atomic E-state index is 0.0618. The third-order valence-electron chi connectivity index (χ3n) is 5.00. The van der Waals surface area contributed by atoms with Gasteiger partial charge < -0.3 is 14.6 Å². The number of aliphatic hydroxyl groups is 1. The Balaban J connectivity index is 2.09. The number of hydrogen-bond donors (Lipinski definition) is 1. The highest BCUT2D eigenvalue weighted by molar-refractivity contribution is 7.89. The number of unbranched alkanes of at least 4 members (excludes halogenated alkanes) is 1. The molecule has 0 aromatic heterocycles. The first-order valence-corrected chi connectivity index (χ1v) is 11.6. The van der Waals surface area contributed by atoms with E-state index < -0.39 is 22.1 Å². The lowest BCUT2D eigenvalue weighted by molar-refractivity contribution is -0.142. The number of esters is 1. The number of aryl methyl sites for hydroxylation is 1. The standard InChI is InChI=1S/C23H31NO6S/c1-18-7-13-22(14-8-18)31(27,28)24(17-19-9-11-21(29-2)12-10-19)15-5-4-6-20(25)16-23(26)30-3/h7-14,20,25H,4-6,15-17H2,1-3H3/t20-/m1/s1. The highest BCUT2D eigenvalue weighted by atomic mass is 32.2. The Kier molecular flexibility index (Phi) is 9.48. The molecule has 0 aliphatic carbocycles. The van der Waals surface area contributed by atoms with Crippen LogP contribution in [0.2, 0.25) is 0 Å². The van der Waals surface area contributed by atoms with Crippen LogP contribution in [0.25, 0.3) is 0 Å². The van der Waals surface area contributed by atoms with Gasteiger partial charge in [0.25, 0.3) is 0 Å². The molecule has 31 heavy (non-hydrogen) atoms. The van der Waals surface area contributed by atoms with Crippen LogP contribution in [0.1, 0.15) is 36.8 Å². The molecule has 7 nitrogen and oxygen atoms in total. The summed E-state index contributed by atoms with van der Waals surface area (Å²) in [6.45, 7) is 2.43. The topological polar surface area (TPSA) is 93.1 Å². The fourth-order valence-corrected chi connectivity index (χ4v) is 4.59. The molecule has 0 fully saturated rings. The molecule has 0 aliphatic heterocycles. The summed E-state index contributed by atoms with van der Waals surface area (Å²) in [7, 11) is -0.829. The van der Waals surface area contributed by atoms with Crippen molar-refractivity contribution < 1.29 is 27.8 Å². The molecule has 8 heteroatoms. The van der Waals surface area contributed by atoms with E-state index >= 15 is 0 Å². The largest absolute Gasteiger partial charge is 0.497 e. The maximum absolute atomic E-state index is 13.3. The van der Waals surface area contributed by atoms with Gasteiger partial charge >= 0.3 is 5.97 Å². The summed E-state index contributed by atoms with van der Waals surface area (Å²) >= 11 is 0. The van der Waals surface area contributed by atoms with Crippen molar-refractivity contribution in [2.75, 3.05) is 20.8 Å². The number of carbonyl (C=O) groups is 1. The van der Waals surface area contributed by atoms with Crippen LogP contribution in [0.5, 0.6) is 5.75 Å². The van der Waals surface area contributed by atoms with Gasteiger partial charge in [-0.05, 0) is 56.0 Å². The van der Waals surface area contributed by atoms with Crippen LogP contribution in [-0.4, -0.2) is 50.7 Å². The second-order valence-electron chi connectivity index (χ2n) is 7.43. The lowest BCUT2D eigenvalue weighted by Crippen LogP contribution is -2.31. The molecule has 0 saturated heterocycles. The van der Waals surface area contributed by atoms with Crippen LogP contribution in [0.3, 0.4) is 0 Å². The molecule has 1 atom stereocenters. The summed E-state index contributed by atoms with van der Waals surface area (Å²) in [6.07, 6.45) is 0.681. The van der Waals surface area contributed by atoms with Gasteiger partial charge in [0, 0.05) is 13.1 Å². The molecular weight excluding hydrogens is 418 g/mol. The summed E-state index contributed by atoms with van der Waals surface area (Å²) in [5.74, 6) is 0.242. The fraction of sp³-hybridized carbons (Fsp3) is 0.435.